The molecule has 0 atom stereocenters. The maximum atomic E-state index is 12.0. The van der Waals surface area contributed by atoms with E-state index in [4.69, 9.17) is 10.5 Å². The number of anilines is 1. The number of amides is 1. The first-order valence-corrected chi connectivity index (χ1v) is 6.46. The molecule has 0 bridgehead atoms. The highest BCUT2D eigenvalue weighted by atomic mass is 16.6. The van der Waals surface area contributed by atoms with Gasteiger partial charge < -0.3 is 15.4 Å². The quantitative estimate of drug-likeness (QED) is 0.503. The first-order chi connectivity index (χ1) is 9.58. The molecule has 108 valence electrons. The normalized spacial score (nSPS) is 15.1. The predicted molar refractivity (Wildman–Crippen MR) is 73.2 cm³/mol. The molecule has 2 N–H and O–H groups in total. The van der Waals surface area contributed by atoms with Gasteiger partial charge >= 0.3 is 0 Å². The van der Waals surface area contributed by atoms with E-state index >= 15 is 0 Å². The Morgan fingerprint density at radius 2 is 2.10 bits per heavy atom. The molecule has 1 aliphatic rings. The van der Waals surface area contributed by atoms with Gasteiger partial charge in [-0.1, -0.05) is 6.07 Å². The molecule has 0 spiro atoms. The summed E-state index contributed by atoms with van der Waals surface area (Å²) in [6, 6.07) is 4.66. The van der Waals surface area contributed by atoms with E-state index in [1.54, 1.807) is 11.0 Å². The highest BCUT2D eigenvalue weighted by Gasteiger charge is 2.17. The molecule has 1 amide bonds. The van der Waals surface area contributed by atoms with Gasteiger partial charge in [0, 0.05) is 25.6 Å². The van der Waals surface area contributed by atoms with E-state index in [0.29, 0.717) is 39.1 Å². The van der Waals surface area contributed by atoms with Gasteiger partial charge in [0.05, 0.1) is 18.1 Å². The zero-order chi connectivity index (χ0) is 14.5. The average molecular weight is 279 g/mol. The molecule has 0 unspecified atom stereocenters. The van der Waals surface area contributed by atoms with Crippen LogP contribution in [0.15, 0.2) is 18.2 Å². The molecule has 1 fully saturated rings. The van der Waals surface area contributed by atoms with Crippen LogP contribution < -0.4 is 5.73 Å². The second kappa shape index (κ2) is 6.33. The Bertz CT molecular complexity index is 512. The van der Waals surface area contributed by atoms with Crippen molar-refractivity contribution < 1.29 is 14.5 Å². The summed E-state index contributed by atoms with van der Waals surface area (Å²) in [4.78, 5) is 24.0. The topological polar surface area (TPSA) is 98.7 Å². The number of nitrogen functional groups attached to an aromatic ring is 1. The van der Waals surface area contributed by atoms with Crippen molar-refractivity contribution in [3.8, 4) is 0 Å². The molecular formula is C13H17N3O4. The van der Waals surface area contributed by atoms with E-state index in [-0.39, 0.29) is 17.3 Å². The third-order valence-corrected chi connectivity index (χ3v) is 3.28. The Labute approximate surface area is 116 Å². The molecular weight excluding hydrogens is 262 g/mol. The van der Waals surface area contributed by atoms with Crippen molar-refractivity contribution in [2.45, 2.75) is 12.8 Å². The second-order valence-electron chi connectivity index (χ2n) is 4.64. The summed E-state index contributed by atoms with van der Waals surface area (Å²) in [6.07, 6.45) is 0.804. The minimum absolute atomic E-state index is 0.0489. The molecule has 7 heteroatoms. The van der Waals surface area contributed by atoms with Gasteiger partial charge in [0.1, 0.15) is 5.69 Å². The average Bonchev–Trinajstić information content (AvgIpc) is 2.46. The Morgan fingerprint density at radius 1 is 1.40 bits per heavy atom. The molecule has 0 aromatic heterocycles. The summed E-state index contributed by atoms with van der Waals surface area (Å²) in [7, 11) is 0. The smallest absolute Gasteiger partial charge is 0.292 e. The van der Waals surface area contributed by atoms with Crippen LogP contribution in [0.4, 0.5) is 11.4 Å². The van der Waals surface area contributed by atoms with Gasteiger partial charge in [-0.3, -0.25) is 14.9 Å². The number of nitro groups is 1. The summed E-state index contributed by atoms with van der Waals surface area (Å²) < 4.78 is 5.19. The number of morpholine rings is 1. The number of hydrogen-bond acceptors (Lipinski definition) is 5. The van der Waals surface area contributed by atoms with Crippen molar-refractivity contribution in [3.63, 3.8) is 0 Å². The van der Waals surface area contributed by atoms with Gasteiger partial charge in [-0.2, -0.15) is 0 Å². The Balaban J connectivity index is 1.95. The first kappa shape index (κ1) is 14.3. The van der Waals surface area contributed by atoms with E-state index in [9.17, 15) is 14.9 Å². The molecule has 0 radical (unpaired) electrons. The molecule has 20 heavy (non-hydrogen) atoms. The maximum Gasteiger partial charge on any atom is 0.292 e. The van der Waals surface area contributed by atoms with Gasteiger partial charge in [-0.15, -0.1) is 0 Å². The third-order valence-electron chi connectivity index (χ3n) is 3.28. The lowest BCUT2D eigenvalue weighted by molar-refractivity contribution is -0.384. The second-order valence-corrected chi connectivity index (χ2v) is 4.64. The van der Waals surface area contributed by atoms with E-state index in [1.165, 1.54) is 12.1 Å². The van der Waals surface area contributed by atoms with E-state index in [2.05, 4.69) is 0 Å². The SMILES string of the molecule is Nc1ccc(CCC(=O)N2CCOCC2)cc1[N+](=O)[O-]. The maximum absolute atomic E-state index is 12.0. The standard InChI is InChI=1S/C13H17N3O4/c14-11-3-1-10(9-12(11)16(18)19)2-4-13(17)15-5-7-20-8-6-15/h1,3,9H,2,4-8,14H2. The van der Waals surface area contributed by atoms with Crippen molar-refractivity contribution in [1.82, 2.24) is 4.90 Å². The fraction of sp³-hybridized carbons (Fsp3) is 0.462. The number of hydrogen-bond donors (Lipinski definition) is 1. The molecule has 1 aromatic carbocycles. The van der Waals surface area contributed by atoms with Gasteiger partial charge in [0.25, 0.3) is 5.69 Å². The Hall–Kier alpha value is -2.15. The molecule has 1 aromatic rings. The number of carbonyl (C=O) groups excluding carboxylic acids is 1. The lowest BCUT2D eigenvalue weighted by Crippen LogP contribution is -2.40. The van der Waals surface area contributed by atoms with Crippen LogP contribution in [0.2, 0.25) is 0 Å². The van der Waals surface area contributed by atoms with Gasteiger partial charge in [0.15, 0.2) is 0 Å². The highest BCUT2D eigenvalue weighted by molar-refractivity contribution is 5.76. The molecule has 0 saturated carbocycles. The highest BCUT2D eigenvalue weighted by Crippen LogP contribution is 2.23. The lowest BCUT2D eigenvalue weighted by atomic mass is 10.1. The number of nitrogens with two attached hydrogens (primary N) is 1. The van der Waals surface area contributed by atoms with Crippen LogP contribution in [-0.2, 0) is 16.0 Å². The monoisotopic (exact) mass is 279 g/mol. The van der Waals surface area contributed by atoms with Crippen LogP contribution in [0.25, 0.3) is 0 Å². The zero-order valence-corrected chi connectivity index (χ0v) is 11.1. The molecule has 1 saturated heterocycles. The number of aryl methyl sites for hydroxylation is 1. The number of rotatable bonds is 4. The number of ether oxygens (including phenoxy) is 1. The van der Waals surface area contributed by atoms with Gasteiger partial charge in [-0.05, 0) is 18.1 Å². The number of benzene rings is 1. The van der Waals surface area contributed by atoms with Crippen LogP contribution in [0, 0.1) is 10.1 Å². The van der Waals surface area contributed by atoms with E-state index in [0.717, 1.165) is 5.56 Å². The molecule has 2 rings (SSSR count). The summed E-state index contributed by atoms with van der Waals surface area (Å²) in [5.74, 6) is 0.0489. The molecule has 1 heterocycles. The number of nitro benzene ring substituents is 1. The van der Waals surface area contributed by atoms with Crippen LogP contribution >= 0.6 is 0 Å². The Morgan fingerprint density at radius 3 is 2.75 bits per heavy atom. The number of nitrogens with zero attached hydrogens (tertiary/aromatic N) is 2. The lowest BCUT2D eigenvalue weighted by Gasteiger charge is -2.26. The minimum atomic E-state index is -0.511. The molecule has 1 aliphatic heterocycles. The van der Waals surface area contributed by atoms with Crippen LogP contribution in [0.1, 0.15) is 12.0 Å². The van der Waals surface area contributed by atoms with E-state index < -0.39 is 4.92 Å². The van der Waals surface area contributed by atoms with Crippen molar-refractivity contribution >= 4 is 17.3 Å². The Kier molecular flexibility index (Phi) is 4.52. The van der Waals surface area contributed by atoms with Gasteiger partial charge in [0.2, 0.25) is 5.91 Å². The minimum Gasteiger partial charge on any atom is -0.393 e. The van der Waals surface area contributed by atoms with Gasteiger partial charge in [-0.25, -0.2) is 0 Å². The van der Waals surface area contributed by atoms with Crippen LogP contribution in [-0.4, -0.2) is 42.0 Å². The fourth-order valence-corrected chi connectivity index (χ4v) is 2.13. The summed E-state index contributed by atoms with van der Waals surface area (Å²) in [6.45, 7) is 2.36. The summed E-state index contributed by atoms with van der Waals surface area (Å²) in [5, 5.41) is 10.8. The van der Waals surface area contributed by atoms with Crippen molar-refractivity contribution in [2.75, 3.05) is 32.0 Å². The van der Waals surface area contributed by atoms with E-state index in [1.807, 2.05) is 0 Å². The van der Waals surface area contributed by atoms with Crippen molar-refractivity contribution in [1.29, 1.82) is 0 Å². The molecule has 7 nitrogen and oxygen atoms in total. The zero-order valence-electron chi connectivity index (χ0n) is 11.1. The third kappa shape index (κ3) is 3.45. The predicted octanol–water partition coefficient (Wildman–Crippen LogP) is 0.968. The van der Waals surface area contributed by atoms with Crippen molar-refractivity contribution in [2.24, 2.45) is 0 Å². The van der Waals surface area contributed by atoms with Crippen LogP contribution in [0.3, 0.4) is 0 Å². The first-order valence-electron chi connectivity index (χ1n) is 6.46. The summed E-state index contributed by atoms with van der Waals surface area (Å²) >= 11 is 0. The fourth-order valence-electron chi connectivity index (χ4n) is 2.13. The molecule has 0 aliphatic carbocycles. The van der Waals surface area contributed by atoms with Crippen LogP contribution in [0.5, 0.6) is 0 Å². The largest absolute Gasteiger partial charge is 0.393 e. The number of carbonyl (C=O) groups is 1. The summed E-state index contributed by atoms with van der Waals surface area (Å²) in [5.41, 5.74) is 6.30. The van der Waals surface area contributed by atoms with Crippen molar-refractivity contribution in [3.05, 3.63) is 33.9 Å².